The number of carbonyl (C=O) groups excluding carboxylic acids is 1. The van der Waals surface area contributed by atoms with Crippen molar-refractivity contribution < 1.29 is 4.79 Å². The number of rotatable bonds is 4. The molecule has 5 nitrogen and oxygen atoms in total. The van der Waals surface area contributed by atoms with Gasteiger partial charge >= 0.3 is 0 Å². The van der Waals surface area contributed by atoms with Crippen LogP contribution in [0.15, 0.2) is 11.9 Å². The minimum Gasteiger partial charge on any atom is -0.328 e. The zero-order valence-electron chi connectivity index (χ0n) is 11.4. The van der Waals surface area contributed by atoms with Gasteiger partial charge in [-0.05, 0) is 31.6 Å². The second kappa shape index (κ2) is 5.52. The number of carbonyl (C=O) groups is 1. The first-order valence-electron chi connectivity index (χ1n) is 6.37. The Balaban J connectivity index is 2.20. The van der Waals surface area contributed by atoms with Crippen LogP contribution in [0.5, 0.6) is 0 Å². The maximum atomic E-state index is 12.2. The van der Waals surface area contributed by atoms with Gasteiger partial charge in [-0.1, -0.05) is 13.3 Å². The molecule has 2 heterocycles. The first kappa shape index (κ1) is 13.7. The van der Waals surface area contributed by atoms with E-state index in [1.54, 1.807) is 9.58 Å². The lowest BCUT2D eigenvalue weighted by atomic mass is 10.2. The third-order valence-electron chi connectivity index (χ3n) is 3.05. The topological polar surface area (TPSA) is 50.2 Å². The Hall–Kier alpha value is -1.69. The molecule has 0 radical (unpaired) electrons. The van der Waals surface area contributed by atoms with E-state index in [1.807, 2.05) is 26.2 Å². The fourth-order valence-corrected chi connectivity index (χ4v) is 2.29. The first-order chi connectivity index (χ1) is 9.02. The number of unbranched alkanes of at least 4 members (excludes halogenated alkanes) is 1. The molecule has 1 fully saturated rings. The van der Waals surface area contributed by atoms with Gasteiger partial charge < -0.3 is 5.32 Å². The standard InChI is InChI=1S/C13H18N4OS/c1-4-5-6-17-12(18)11(14-13(17)19)7-10-8-16(3)15-9(10)2/h7-8H,4-6H2,1-3H3,(H,14,19)/b11-7-. The second-order valence-corrected chi connectivity index (χ2v) is 5.03. The Morgan fingerprint density at radius 3 is 2.84 bits per heavy atom. The van der Waals surface area contributed by atoms with E-state index in [2.05, 4.69) is 17.3 Å². The summed E-state index contributed by atoms with van der Waals surface area (Å²) in [7, 11) is 1.86. The summed E-state index contributed by atoms with van der Waals surface area (Å²) in [5.41, 5.74) is 2.35. The molecule has 6 heteroatoms. The molecule has 102 valence electrons. The minimum absolute atomic E-state index is 0.0540. The molecule has 0 atom stereocenters. The third kappa shape index (κ3) is 2.84. The summed E-state index contributed by atoms with van der Waals surface area (Å²) in [5, 5.41) is 7.72. The number of nitrogens with one attached hydrogen (secondary N) is 1. The van der Waals surface area contributed by atoms with E-state index in [-0.39, 0.29) is 5.91 Å². The Morgan fingerprint density at radius 1 is 1.53 bits per heavy atom. The average molecular weight is 278 g/mol. The zero-order chi connectivity index (χ0) is 14.0. The molecule has 1 aromatic rings. The fraction of sp³-hybridized carbons (Fsp3) is 0.462. The smallest absolute Gasteiger partial charge is 0.276 e. The molecule has 0 unspecified atom stereocenters. The van der Waals surface area contributed by atoms with Crippen LogP contribution < -0.4 is 5.32 Å². The number of aryl methyl sites for hydroxylation is 2. The van der Waals surface area contributed by atoms with Crippen LogP contribution in [0.3, 0.4) is 0 Å². The van der Waals surface area contributed by atoms with Gasteiger partial charge in [0.1, 0.15) is 5.70 Å². The summed E-state index contributed by atoms with van der Waals surface area (Å²) in [4.78, 5) is 13.8. The molecular formula is C13H18N4OS. The van der Waals surface area contributed by atoms with Crippen LogP contribution >= 0.6 is 12.2 Å². The number of thiocarbonyl (C=S) groups is 1. The van der Waals surface area contributed by atoms with Crippen LogP contribution in [-0.4, -0.2) is 32.2 Å². The number of aromatic nitrogens is 2. The quantitative estimate of drug-likeness (QED) is 0.671. The van der Waals surface area contributed by atoms with Crippen molar-refractivity contribution in [1.29, 1.82) is 0 Å². The van der Waals surface area contributed by atoms with Crippen LogP contribution in [0.1, 0.15) is 31.0 Å². The van der Waals surface area contributed by atoms with Crippen molar-refractivity contribution in [3.05, 3.63) is 23.2 Å². The highest BCUT2D eigenvalue weighted by molar-refractivity contribution is 7.80. The molecular weight excluding hydrogens is 260 g/mol. The number of hydrogen-bond donors (Lipinski definition) is 1. The van der Waals surface area contributed by atoms with Crippen molar-refractivity contribution in [1.82, 2.24) is 20.0 Å². The molecule has 1 amide bonds. The van der Waals surface area contributed by atoms with Gasteiger partial charge in [-0.25, -0.2) is 0 Å². The summed E-state index contributed by atoms with van der Waals surface area (Å²) in [6, 6.07) is 0. The molecule has 0 aromatic carbocycles. The van der Waals surface area contributed by atoms with E-state index < -0.39 is 0 Å². The van der Waals surface area contributed by atoms with Gasteiger partial charge in [0.2, 0.25) is 0 Å². The van der Waals surface area contributed by atoms with E-state index in [4.69, 9.17) is 12.2 Å². The highest BCUT2D eigenvalue weighted by Gasteiger charge is 2.30. The van der Waals surface area contributed by atoms with E-state index in [9.17, 15) is 4.79 Å². The average Bonchev–Trinajstić information content (AvgIpc) is 2.79. The normalized spacial score (nSPS) is 17.4. The highest BCUT2D eigenvalue weighted by atomic mass is 32.1. The Labute approximate surface area is 118 Å². The van der Waals surface area contributed by atoms with Gasteiger partial charge in [-0.2, -0.15) is 5.10 Å². The summed E-state index contributed by atoms with van der Waals surface area (Å²) in [5.74, 6) is -0.0540. The predicted octanol–water partition coefficient (Wildman–Crippen LogP) is 1.59. The van der Waals surface area contributed by atoms with Crippen molar-refractivity contribution >= 4 is 29.3 Å². The van der Waals surface area contributed by atoms with Crippen LogP contribution in [0.2, 0.25) is 0 Å². The number of nitrogens with zero attached hydrogens (tertiary/aromatic N) is 3. The lowest BCUT2D eigenvalue weighted by molar-refractivity contribution is -0.122. The third-order valence-corrected chi connectivity index (χ3v) is 3.37. The van der Waals surface area contributed by atoms with E-state index in [0.717, 1.165) is 24.1 Å². The molecule has 1 aromatic heterocycles. The molecule has 0 spiro atoms. The van der Waals surface area contributed by atoms with Crippen LogP contribution in [-0.2, 0) is 11.8 Å². The molecule has 0 saturated carbocycles. The molecule has 2 rings (SSSR count). The van der Waals surface area contributed by atoms with Crippen LogP contribution in [0.25, 0.3) is 6.08 Å². The van der Waals surface area contributed by atoms with Gasteiger partial charge in [0.05, 0.1) is 5.69 Å². The molecule has 0 aliphatic carbocycles. The van der Waals surface area contributed by atoms with Gasteiger partial charge in [0.25, 0.3) is 5.91 Å². The summed E-state index contributed by atoms with van der Waals surface area (Å²) in [6.45, 7) is 4.68. The molecule has 1 saturated heterocycles. The SMILES string of the molecule is CCCCN1C(=O)/C(=C/c2cn(C)nc2C)NC1=S. The Bertz CT molecular complexity index is 547. The van der Waals surface area contributed by atoms with E-state index in [1.165, 1.54) is 0 Å². The second-order valence-electron chi connectivity index (χ2n) is 4.64. The summed E-state index contributed by atoms with van der Waals surface area (Å²) >= 11 is 5.19. The minimum atomic E-state index is -0.0540. The summed E-state index contributed by atoms with van der Waals surface area (Å²) in [6.07, 6.45) is 5.68. The Morgan fingerprint density at radius 2 is 2.26 bits per heavy atom. The van der Waals surface area contributed by atoms with Gasteiger partial charge in [-0.3, -0.25) is 14.4 Å². The number of amides is 1. The number of hydrogen-bond acceptors (Lipinski definition) is 3. The lowest BCUT2D eigenvalue weighted by Gasteiger charge is -2.12. The largest absolute Gasteiger partial charge is 0.328 e. The maximum absolute atomic E-state index is 12.2. The highest BCUT2D eigenvalue weighted by Crippen LogP contribution is 2.16. The zero-order valence-corrected chi connectivity index (χ0v) is 12.3. The molecule has 1 aliphatic rings. The van der Waals surface area contributed by atoms with Crippen molar-refractivity contribution in [2.75, 3.05) is 6.54 Å². The monoisotopic (exact) mass is 278 g/mol. The summed E-state index contributed by atoms with van der Waals surface area (Å²) < 4.78 is 1.73. The van der Waals surface area contributed by atoms with E-state index in [0.29, 0.717) is 17.4 Å². The van der Waals surface area contributed by atoms with Gasteiger partial charge in [0, 0.05) is 25.4 Å². The molecule has 1 N–H and O–H groups in total. The lowest BCUT2D eigenvalue weighted by Crippen LogP contribution is -2.31. The van der Waals surface area contributed by atoms with E-state index >= 15 is 0 Å². The molecule has 1 aliphatic heterocycles. The molecule has 0 bridgehead atoms. The van der Waals surface area contributed by atoms with Crippen LogP contribution in [0, 0.1) is 6.92 Å². The predicted molar refractivity (Wildman–Crippen MR) is 78.3 cm³/mol. The maximum Gasteiger partial charge on any atom is 0.276 e. The van der Waals surface area contributed by atoms with Crippen molar-refractivity contribution in [3.63, 3.8) is 0 Å². The van der Waals surface area contributed by atoms with Crippen molar-refractivity contribution in [3.8, 4) is 0 Å². The van der Waals surface area contributed by atoms with Crippen molar-refractivity contribution in [2.45, 2.75) is 26.7 Å². The Kier molecular flexibility index (Phi) is 3.99. The molecule has 19 heavy (non-hydrogen) atoms. The van der Waals surface area contributed by atoms with Gasteiger partial charge in [0.15, 0.2) is 5.11 Å². The fourth-order valence-electron chi connectivity index (χ4n) is 2.01. The van der Waals surface area contributed by atoms with Crippen LogP contribution in [0.4, 0.5) is 0 Å². The van der Waals surface area contributed by atoms with Crippen molar-refractivity contribution in [2.24, 2.45) is 7.05 Å². The van der Waals surface area contributed by atoms with Gasteiger partial charge in [-0.15, -0.1) is 0 Å². The first-order valence-corrected chi connectivity index (χ1v) is 6.78.